The molecule has 1 aromatic heterocycles. The number of benzene rings is 1. The maximum absolute atomic E-state index is 13.1. The van der Waals surface area contributed by atoms with Gasteiger partial charge in [-0.2, -0.15) is 0 Å². The highest BCUT2D eigenvalue weighted by Gasteiger charge is 2.49. The number of carbonyl (C=O) groups excluding carboxylic acids is 1. The van der Waals surface area contributed by atoms with Crippen molar-refractivity contribution in [3.8, 4) is 5.75 Å². The highest BCUT2D eigenvalue weighted by atomic mass is 16.5. The van der Waals surface area contributed by atoms with Crippen LogP contribution in [0.2, 0.25) is 0 Å². The molecule has 2 bridgehead atoms. The Labute approximate surface area is 185 Å². The molecule has 5 rings (SSSR count). The van der Waals surface area contributed by atoms with Gasteiger partial charge in [0.1, 0.15) is 11.6 Å². The lowest BCUT2D eigenvalue weighted by molar-refractivity contribution is -0.152. The fourth-order valence-electron chi connectivity index (χ4n) is 6.24. The molecule has 2 aromatic rings. The summed E-state index contributed by atoms with van der Waals surface area (Å²) in [5.74, 6) is 3.41. The average molecular weight is 423 g/mol. The van der Waals surface area contributed by atoms with Crippen molar-refractivity contribution in [3.63, 3.8) is 0 Å². The zero-order valence-corrected chi connectivity index (χ0v) is 19.0. The lowest BCUT2D eigenvalue weighted by atomic mass is 9.70. The van der Waals surface area contributed by atoms with Crippen LogP contribution in [-0.4, -0.2) is 57.5 Å². The summed E-state index contributed by atoms with van der Waals surface area (Å²) in [6.45, 7) is 5.08. The molecule has 166 valence electrons. The normalized spacial score (nSPS) is 28.5. The number of aryl methyl sites for hydroxylation is 2. The maximum atomic E-state index is 13.1. The van der Waals surface area contributed by atoms with Crippen LogP contribution in [0.3, 0.4) is 0 Å². The molecule has 3 saturated heterocycles. The minimum Gasteiger partial charge on any atom is -0.497 e. The predicted molar refractivity (Wildman–Crippen MR) is 120 cm³/mol. The first-order valence-electron chi connectivity index (χ1n) is 11.7. The molecule has 31 heavy (non-hydrogen) atoms. The van der Waals surface area contributed by atoms with Crippen LogP contribution in [0, 0.1) is 18.8 Å². The van der Waals surface area contributed by atoms with E-state index in [-0.39, 0.29) is 6.04 Å². The first kappa shape index (κ1) is 20.6. The zero-order valence-electron chi connectivity index (χ0n) is 19.0. The quantitative estimate of drug-likeness (QED) is 0.743. The third-order valence-electron chi connectivity index (χ3n) is 7.70. The van der Waals surface area contributed by atoms with Gasteiger partial charge < -0.3 is 14.2 Å². The van der Waals surface area contributed by atoms with E-state index < -0.39 is 0 Å². The standard InChI is InChI=1S/C25H34N4O2/c1-17-26-21(15-27(17)2)16-28-13-19-12-20(14-28)24(29-23(19)8-5-9-25(29)30)11-18-6-4-7-22(10-18)31-3/h4,6-7,10,15,19-20,23-24H,5,8-9,11-14,16H2,1-3H3/t19-,20+,23+,24+/m1/s1. The van der Waals surface area contributed by atoms with Crippen molar-refractivity contribution in [2.45, 2.75) is 57.7 Å². The minimum absolute atomic E-state index is 0.273. The molecule has 0 unspecified atom stereocenters. The molecule has 3 aliphatic heterocycles. The lowest BCUT2D eigenvalue weighted by Gasteiger charge is -2.56. The molecule has 1 amide bonds. The van der Waals surface area contributed by atoms with Gasteiger partial charge in [-0.1, -0.05) is 12.1 Å². The number of nitrogens with zero attached hydrogens (tertiary/aromatic N) is 4. The smallest absolute Gasteiger partial charge is 0.223 e. The van der Waals surface area contributed by atoms with Gasteiger partial charge in [-0.05, 0) is 62.1 Å². The molecule has 0 saturated carbocycles. The van der Waals surface area contributed by atoms with Crippen LogP contribution in [0.25, 0.3) is 0 Å². The monoisotopic (exact) mass is 422 g/mol. The molecule has 6 heteroatoms. The number of fused-ring (bicyclic) bond motifs is 4. The summed E-state index contributed by atoms with van der Waals surface area (Å²) in [6, 6.07) is 9.02. The third-order valence-corrected chi connectivity index (χ3v) is 7.70. The summed E-state index contributed by atoms with van der Waals surface area (Å²) in [6.07, 6.45) is 7.19. The number of carbonyl (C=O) groups is 1. The number of hydrogen-bond acceptors (Lipinski definition) is 4. The van der Waals surface area contributed by atoms with Crippen LogP contribution in [0.4, 0.5) is 0 Å². The second-order valence-corrected chi connectivity index (χ2v) is 9.72. The highest BCUT2D eigenvalue weighted by molar-refractivity contribution is 5.78. The Morgan fingerprint density at radius 1 is 1.23 bits per heavy atom. The van der Waals surface area contributed by atoms with Gasteiger partial charge >= 0.3 is 0 Å². The number of amides is 1. The summed E-state index contributed by atoms with van der Waals surface area (Å²) in [7, 11) is 3.78. The number of likely N-dealkylation sites (tertiary alicyclic amines) is 1. The Morgan fingerprint density at radius 2 is 2.06 bits per heavy atom. The fourth-order valence-corrected chi connectivity index (χ4v) is 6.24. The Bertz CT molecular complexity index is 935. The summed E-state index contributed by atoms with van der Waals surface area (Å²) < 4.78 is 7.55. The molecular formula is C25H34N4O2. The van der Waals surface area contributed by atoms with Gasteiger partial charge in [0.25, 0.3) is 0 Å². The number of rotatable bonds is 5. The number of piperidine rings is 3. The van der Waals surface area contributed by atoms with Crippen LogP contribution in [0.5, 0.6) is 5.75 Å². The van der Waals surface area contributed by atoms with Crippen LogP contribution in [0.15, 0.2) is 30.5 Å². The van der Waals surface area contributed by atoms with Crippen molar-refractivity contribution in [1.82, 2.24) is 19.4 Å². The fraction of sp³-hybridized carbons (Fsp3) is 0.600. The van der Waals surface area contributed by atoms with E-state index in [9.17, 15) is 4.79 Å². The summed E-state index contributed by atoms with van der Waals surface area (Å²) in [5, 5.41) is 0. The average Bonchev–Trinajstić information content (AvgIpc) is 3.08. The Balaban J connectivity index is 1.40. The number of aromatic nitrogens is 2. The van der Waals surface area contributed by atoms with Crippen molar-refractivity contribution in [3.05, 3.63) is 47.5 Å². The van der Waals surface area contributed by atoms with E-state index in [1.807, 2.05) is 6.07 Å². The summed E-state index contributed by atoms with van der Waals surface area (Å²) in [5.41, 5.74) is 2.42. The van der Waals surface area contributed by atoms with Gasteiger partial charge in [0.2, 0.25) is 5.91 Å². The van der Waals surface area contributed by atoms with E-state index >= 15 is 0 Å². The van der Waals surface area contributed by atoms with E-state index in [1.54, 1.807) is 7.11 Å². The second-order valence-electron chi connectivity index (χ2n) is 9.72. The van der Waals surface area contributed by atoms with E-state index in [4.69, 9.17) is 9.72 Å². The molecule has 1 aromatic carbocycles. The minimum atomic E-state index is 0.273. The molecular weight excluding hydrogens is 388 g/mol. The maximum Gasteiger partial charge on any atom is 0.223 e. The van der Waals surface area contributed by atoms with Gasteiger partial charge in [0, 0.05) is 51.4 Å². The van der Waals surface area contributed by atoms with E-state index in [0.29, 0.717) is 30.2 Å². The van der Waals surface area contributed by atoms with Crippen molar-refractivity contribution in [2.24, 2.45) is 18.9 Å². The topological polar surface area (TPSA) is 50.6 Å². The summed E-state index contributed by atoms with van der Waals surface area (Å²) in [4.78, 5) is 22.7. The first-order chi connectivity index (χ1) is 15.0. The van der Waals surface area contributed by atoms with Crippen molar-refractivity contribution < 1.29 is 9.53 Å². The number of methoxy groups -OCH3 is 1. The van der Waals surface area contributed by atoms with Crippen LogP contribution >= 0.6 is 0 Å². The largest absolute Gasteiger partial charge is 0.497 e. The molecule has 0 spiro atoms. The Hall–Kier alpha value is -2.34. The van der Waals surface area contributed by atoms with Crippen LogP contribution in [0.1, 0.15) is 42.8 Å². The molecule has 0 aliphatic carbocycles. The molecule has 0 radical (unpaired) electrons. The van der Waals surface area contributed by atoms with Gasteiger partial charge in [-0.15, -0.1) is 0 Å². The lowest BCUT2D eigenvalue weighted by Crippen LogP contribution is -2.65. The SMILES string of the molecule is COc1cccc(C[C@H]2[C@H]3C[C@H](CN(Cc4cn(C)c(C)n4)C3)[C@@H]3CCCC(=O)N32)c1. The number of imidazole rings is 1. The molecule has 6 nitrogen and oxygen atoms in total. The first-order valence-corrected chi connectivity index (χ1v) is 11.7. The van der Waals surface area contributed by atoms with E-state index in [1.165, 1.54) is 12.0 Å². The van der Waals surface area contributed by atoms with Crippen LogP contribution in [-0.2, 0) is 24.8 Å². The highest BCUT2D eigenvalue weighted by Crippen LogP contribution is 2.43. The van der Waals surface area contributed by atoms with Crippen LogP contribution < -0.4 is 4.74 Å². The Morgan fingerprint density at radius 3 is 2.84 bits per heavy atom. The molecule has 3 aliphatic rings. The van der Waals surface area contributed by atoms with Gasteiger partial charge in [-0.25, -0.2) is 4.98 Å². The van der Waals surface area contributed by atoms with Gasteiger partial charge in [0.15, 0.2) is 0 Å². The number of hydrogen-bond donors (Lipinski definition) is 0. The van der Waals surface area contributed by atoms with Gasteiger partial charge in [-0.3, -0.25) is 9.69 Å². The van der Waals surface area contributed by atoms with Crippen molar-refractivity contribution in [1.29, 1.82) is 0 Å². The molecule has 0 N–H and O–H groups in total. The molecule has 3 fully saturated rings. The zero-order chi connectivity index (χ0) is 21.5. The second kappa shape index (κ2) is 8.30. The van der Waals surface area contributed by atoms with E-state index in [2.05, 4.69) is 52.7 Å². The molecule has 4 heterocycles. The number of ether oxygens (including phenoxy) is 1. The summed E-state index contributed by atoms with van der Waals surface area (Å²) >= 11 is 0. The van der Waals surface area contributed by atoms with Gasteiger partial charge in [0.05, 0.1) is 12.8 Å². The third kappa shape index (κ3) is 3.98. The van der Waals surface area contributed by atoms with E-state index in [0.717, 1.165) is 56.2 Å². The Kier molecular flexibility index (Phi) is 5.51. The van der Waals surface area contributed by atoms with Crippen molar-refractivity contribution >= 4 is 5.91 Å². The van der Waals surface area contributed by atoms with Crippen molar-refractivity contribution in [2.75, 3.05) is 20.2 Å². The molecule has 4 atom stereocenters. The predicted octanol–water partition coefficient (Wildman–Crippen LogP) is 3.18.